The van der Waals surface area contributed by atoms with Crippen LogP contribution in [0.5, 0.6) is 5.75 Å². The largest absolute Gasteiger partial charge is 0.493 e. The van der Waals surface area contributed by atoms with Crippen molar-refractivity contribution >= 4 is 22.7 Å². The normalized spacial score (nSPS) is 14.9. The van der Waals surface area contributed by atoms with Gasteiger partial charge in [0.05, 0.1) is 42.4 Å². The van der Waals surface area contributed by atoms with Crippen LogP contribution >= 0.6 is 0 Å². The van der Waals surface area contributed by atoms with E-state index in [-0.39, 0.29) is 18.3 Å². The highest BCUT2D eigenvalue weighted by Crippen LogP contribution is 2.38. The Labute approximate surface area is 212 Å². The lowest BCUT2D eigenvalue weighted by atomic mass is 9.97. The third-order valence-corrected chi connectivity index (χ3v) is 6.82. The molecule has 0 spiro atoms. The topological polar surface area (TPSA) is 65.4 Å². The summed E-state index contributed by atoms with van der Waals surface area (Å²) >= 11 is 0. The Balaban J connectivity index is 1.38. The van der Waals surface area contributed by atoms with Gasteiger partial charge in [0.2, 0.25) is 0 Å². The van der Waals surface area contributed by atoms with Crippen molar-refractivity contribution in [1.82, 2.24) is 9.55 Å². The number of hydrogen-bond acceptors (Lipinski definition) is 5. The van der Waals surface area contributed by atoms with Crippen LogP contribution < -0.4 is 10.1 Å². The van der Waals surface area contributed by atoms with E-state index in [0.717, 1.165) is 45.9 Å². The minimum absolute atomic E-state index is 0.0177. The average Bonchev–Trinajstić information content (AvgIpc) is 3.41. The van der Waals surface area contributed by atoms with Gasteiger partial charge in [0.1, 0.15) is 11.6 Å². The van der Waals surface area contributed by atoms with E-state index in [1.54, 1.807) is 6.92 Å². The van der Waals surface area contributed by atoms with Gasteiger partial charge in [0, 0.05) is 29.8 Å². The number of nitrogens with one attached hydrogen (secondary N) is 1. The second kappa shape index (κ2) is 9.46. The number of halogens is 3. The Hall–Kier alpha value is -4.01. The number of aromatic nitrogens is 2. The summed E-state index contributed by atoms with van der Waals surface area (Å²) in [4.78, 5) is 16.1. The van der Waals surface area contributed by atoms with Crippen LogP contribution in [-0.2, 0) is 22.3 Å². The molecule has 5 rings (SSSR count). The van der Waals surface area contributed by atoms with Gasteiger partial charge in [-0.25, -0.2) is 4.98 Å². The van der Waals surface area contributed by atoms with Crippen LogP contribution in [0.25, 0.3) is 16.7 Å². The monoisotopic (exact) mass is 509 g/mol. The van der Waals surface area contributed by atoms with Crippen molar-refractivity contribution in [3.8, 4) is 11.4 Å². The van der Waals surface area contributed by atoms with Crippen molar-refractivity contribution in [1.29, 1.82) is 0 Å². The minimum atomic E-state index is -4.42. The number of ether oxygens (including phenoxy) is 2. The predicted octanol–water partition coefficient (Wildman–Crippen LogP) is 6.31. The Bertz CT molecular complexity index is 1490. The third kappa shape index (κ3) is 4.73. The number of hydrogen-bond donors (Lipinski definition) is 1. The van der Waals surface area contributed by atoms with Crippen LogP contribution in [0, 0.1) is 13.8 Å². The summed E-state index contributed by atoms with van der Waals surface area (Å²) in [5.41, 5.74) is 4.98. The van der Waals surface area contributed by atoms with Crippen LogP contribution in [0.15, 0.2) is 54.6 Å². The molecule has 0 fully saturated rings. The zero-order valence-electron chi connectivity index (χ0n) is 20.6. The third-order valence-electron chi connectivity index (χ3n) is 6.82. The number of carbonyl (C=O) groups is 1. The lowest BCUT2D eigenvalue weighted by Gasteiger charge is -2.16. The number of esters is 1. The molecule has 1 atom stereocenters. The van der Waals surface area contributed by atoms with Crippen LogP contribution in [0.1, 0.15) is 40.4 Å². The maximum atomic E-state index is 13.2. The van der Waals surface area contributed by atoms with Gasteiger partial charge in [-0.1, -0.05) is 18.2 Å². The standard InChI is InChI=1S/C28H26F3N3O3/c1-16-18(14-32-21-8-9-22-19(11-27(35)36-3)15-37-26(22)13-21)5-4-6-24(16)34-17(2)33-23-12-20(28(29,30)31)7-10-25(23)34/h4-10,12-13,19,32H,11,14-15H2,1-3H3/t19-/m1/s1. The van der Waals surface area contributed by atoms with E-state index in [1.165, 1.54) is 13.2 Å². The van der Waals surface area contributed by atoms with E-state index in [9.17, 15) is 18.0 Å². The van der Waals surface area contributed by atoms with E-state index in [0.29, 0.717) is 30.0 Å². The second-order valence-electron chi connectivity index (χ2n) is 9.15. The van der Waals surface area contributed by atoms with E-state index < -0.39 is 11.7 Å². The molecule has 4 aromatic rings. The molecule has 1 aliphatic heterocycles. The molecule has 0 unspecified atom stereocenters. The fraction of sp³-hybridized carbons (Fsp3) is 0.286. The Kier molecular flexibility index (Phi) is 6.31. The van der Waals surface area contributed by atoms with Gasteiger partial charge in [-0.2, -0.15) is 13.2 Å². The van der Waals surface area contributed by atoms with Crippen molar-refractivity contribution < 1.29 is 27.4 Å². The number of rotatable bonds is 6. The summed E-state index contributed by atoms with van der Waals surface area (Å²) in [6.45, 7) is 4.76. The molecule has 1 aromatic heterocycles. The minimum Gasteiger partial charge on any atom is -0.493 e. The predicted molar refractivity (Wildman–Crippen MR) is 134 cm³/mol. The number of aryl methyl sites for hydroxylation is 1. The van der Waals surface area contributed by atoms with Crippen LogP contribution in [0.3, 0.4) is 0 Å². The fourth-order valence-corrected chi connectivity index (χ4v) is 4.82. The lowest BCUT2D eigenvalue weighted by Crippen LogP contribution is -2.09. The van der Waals surface area contributed by atoms with Gasteiger partial charge in [0.25, 0.3) is 0 Å². The molecule has 0 aliphatic carbocycles. The first-order valence-electron chi connectivity index (χ1n) is 11.9. The van der Waals surface area contributed by atoms with E-state index in [1.807, 2.05) is 47.9 Å². The van der Waals surface area contributed by atoms with Crippen LogP contribution in [0.4, 0.5) is 18.9 Å². The van der Waals surface area contributed by atoms with Crippen molar-refractivity contribution in [3.05, 3.63) is 82.7 Å². The average molecular weight is 510 g/mol. The Morgan fingerprint density at radius 1 is 1.16 bits per heavy atom. The molecule has 1 aliphatic rings. The summed E-state index contributed by atoms with van der Waals surface area (Å²) in [6.07, 6.45) is -4.14. The van der Waals surface area contributed by atoms with Gasteiger partial charge in [-0.3, -0.25) is 9.36 Å². The first kappa shape index (κ1) is 24.7. The molecule has 0 radical (unpaired) electrons. The number of alkyl halides is 3. The molecule has 37 heavy (non-hydrogen) atoms. The van der Waals surface area contributed by atoms with Gasteiger partial charge in [0.15, 0.2) is 0 Å². The Morgan fingerprint density at radius 3 is 2.73 bits per heavy atom. The van der Waals surface area contributed by atoms with Gasteiger partial charge in [-0.15, -0.1) is 0 Å². The fourth-order valence-electron chi connectivity index (χ4n) is 4.82. The smallest absolute Gasteiger partial charge is 0.416 e. The Morgan fingerprint density at radius 2 is 1.97 bits per heavy atom. The quantitative estimate of drug-likeness (QED) is 0.309. The number of fused-ring (bicyclic) bond motifs is 2. The van der Waals surface area contributed by atoms with Crippen molar-refractivity contribution in [3.63, 3.8) is 0 Å². The van der Waals surface area contributed by atoms with Crippen molar-refractivity contribution in [2.75, 3.05) is 19.0 Å². The first-order valence-corrected chi connectivity index (χ1v) is 11.9. The maximum absolute atomic E-state index is 13.2. The summed E-state index contributed by atoms with van der Waals surface area (Å²) in [5, 5.41) is 3.43. The van der Waals surface area contributed by atoms with Crippen LogP contribution in [0.2, 0.25) is 0 Å². The zero-order chi connectivity index (χ0) is 26.3. The van der Waals surface area contributed by atoms with E-state index >= 15 is 0 Å². The number of methoxy groups -OCH3 is 1. The SMILES string of the molecule is COC(=O)C[C@@H]1COc2cc(NCc3cccc(-n4c(C)nc5cc(C(F)(F)F)ccc54)c3C)ccc21. The molecule has 2 heterocycles. The summed E-state index contributed by atoms with van der Waals surface area (Å²) < 4.78 is 52.0. The summed E-state index contributed by atoms with van der Waals surface area (Å²) in [7, 11) is 1.38. The molecule has 3 aromatic carbocycles. The van der Waals surface area contributed by atoms with Gasteiger partial charge < -0.3 is 14.8 Å². The highest BCUT2D eigenvalue weighted by atomic mass is 19.4. The molecule has 0 saturated heterocycles. The maximum Gasteiger partial charge on any atom is 0.416 e. The molecule has 0 bridgehead atoms. The molecule has 6 nitrogen and oxygen atoms in total. The summed E-state index contributed by atoms with van der Waals surface area (Å²) in [6, 6.07) is 15.4. The number of benzene rings is 3. The summed E-state index contributed by atoms with van der Waals surface area (Å²) in [5.74, 6) is 1.08. The number of carbonyl (C=O) groups excluding carboxylic acids is 1. The van der Waals surface area contributed by atoms with Gasteiger partial charge in [-0.05, 0) is 55.3 Å². The molecular formula is C28H26F3N3O3. The lowest BCUT2D eigenvalue weighted by molar-refractivity contribution is -0.141. The van der Waals surface area contributed by atoms with E-state index in [2.05, 4.69) is 10.3 Å². The number of imidazole rings is 1. The van der Waals surface area contributed by atoms with Crippen LogP contribution in [-0.4, -0.2) is 29.2 Å². The molecule has 192 valence electrons. The molecule has 1 N–H and O–H groups in total. The number of nitrogens with zero attached hydrogens (tertiary/aromatic N) is 2. The number of anilines is 1. The van der Waals surface area contributed by atoms with Gasteiger partial charge >= 0.3 is 12.1 Å². The van der Waals surface area contributed by atoms with Crippen molar-refractivity contribution in [2.45, 2.75) is 38.9 Å². The molecule has 0 saturated carbocycles. The molecule has 9 heteroatoms. The first-order chi connectivity index (χ1) is 17.7. The molecule has 0 amide bonds. The van der Waals surface area contributed by atoms with Crippen molar-refractivity contribution in [2.24, 2.45) is 0 Å². The highest BCUT2D eigenvalue weighted by Gasteiger charge is 2.31. The second-order valence-corrected chi connectivity index (χ2v) is 9.15. The molecular weight excluding hydrogens is 483 g/mol. The van der Waals surface area contributed by atoms with E-state index in [4.69, 9.17) is 9.47 Å². The zero-order valence-corrected chi connectivity index (χ0v) is 20.6. The highest BCUT2D eigenvalue weighted by molar-refractivity contribution is 5.79.